The molecule has 1 N–H and O–H groups in total. The van der Waals surface area contributed by atoms with E-state index >= 15 is 0 Å². The van der Waals surface area contributed by atoms with Crippen molar-refractivity contribution < 1.29 is 14.8 Å². The molecule has 8 heteroatoms. The molecule has 0 atom stereocenters. The molecule has 0 amide bonds. The van der Waals surface area contributed by atoms with Gasteiger partial charge in [0.25, 0.3) is 5.69 Å². The molecule has 0 radical (unpaired) electrons. The summed E-state index contributed by atoms with van der Waals surface area (Å²) in [5, 5.41) is 21.5. The smallest absolute Gasteiger partial charge is 0.269 e. The highest BCUT2D eigenvalue weighted by atomic mass is 32.1. The Morgan fingerprint density at radius 1 is 1.09 bits per heavy atom. The van der Waals surface area contributed by atoms with E-state index < -0.39 is 4.92 Å². The van der Waals surface area contributed by atoms with E-state index in [4.69, 9.17) is 9.72 Å². The number of hydrogen-bond donors (Lipinski definition) is 1. The number of phenolic OH excluding ortho intramolecular Hbond substituents is 1. The topological polar surface area (TPSA) is 97.9 Å². The minimum absolute atomic E-state index is 0.0378. The SMILES string of the molecule is CCOc1cc(C=Nc2nc(-c3ccc(C)cc3)c(-c3ccc([N+](=O)[O-])cc3)s2)ccc1O. The second-order valence-corrected chi connectivity index (χ2v) is 8.24. The summed E-state index contributed by atoms with van der Waals surface area (Å²) >= 11 is 1.40. The van der Waals surface area contributed by atoms with Gasteiger partial charge in [-0.1, -0.05) is 41.2 Å². The van der Waals surface area contributed by atoms with Crippen LogP contribution < -0.4 is 4.74 Å². The largest absolute Gasteiger partial charge is 0.504 e. The molecule has 0 unspecified atom stereocenters. The van der Waals surface area contributed by atoms with Gasteiger partial charge in [0, 0.05) is 23.9 Å². The minimum atomic E-state index is -0.415. The van der Waals surface area contributed by atoms with Gasteiger partial charge < -0.3 is 9.84 Å². The van der Waals surface area contributed by atoms with Crippen LogP contribution in [0.4, 0.5) is 10.8 Å². The third-order valence-corrected chi connectivity index (χ3v) is 5.90. The number of aryl methyl sites for hydroxylation is 1. The van der Waals surface area contributed by atoms with E-state index in [0.29, 0.717) is 17.5 Å². The van der Waals surface area contributed by atoms with E-state index in [-0.39, 0.29) is 11.4 Å². The number of aromatic nitrogens is 1. The lowest BCUT2D eigenvalue weighted by Crippen LogP contribution is -1.93. The lowest BCUT2D eigenvalue weighted by atomic mass is 10.1. The molecule has 4 rings (SSSR count). The van der Waals surface area contributed by atoms with E-state index in [1.807, 2.05) is 38.1 Å². The van der Waals surface area contributed by atoms with Crippen molar-refractivity contribution in [2.75, 3.05) is 6.61 Å². The Morgan fingerprint density at radius 3 is 2.45 bits per heavy atom. The van der Waals surface area contributed by atoms with Crippen molar-refractivity contribution in [2.24, 2.45) is 4.99 Å². The van der Waals surface area contributed by atoms with Crippen molar-refractivity contribution in [3.63, 3.8) is 0 Å². The number of aromatic hydroxyl groups is 1. The van der Waals surface area contributed by atoms with Gasteiger partial charge in [0.15, 0.2) is 11.5 Å². The quantitative estimate of drug-likeness (QED) is 0.192. The predicted octanol–water partition coefficient (Wildman–Crippen LogP) is 6.55. The van der Waals surface area contributed by atoms with Gasteiger partial charge in [-0.25, -0.2) is 9.98 Å². The average molecular weight is 460 g/mol. The Hall–Kier alpha value is -4.04. The number of ether oxygens (including phenoxy) is 1. The predicted molar refractivity (Wildman–Crippen MR) is 131 cm³/mol. The first-order valence-corrected chi connectivity index (χ1v) is 11.1. The highest BCUT2D eigenvalue weighted by Gasteiger charge is 2.16. The zero-order valence-electron chi connectivity index (χ0n) is 18.1. The molecule has 0 bridgehead atoms. The van der Waals surface area contributed by atoms with Gasteiger partial charge >= 0.3 is 0 Å². The normalized spacial score (nSPS) is 11.1. The fourth-order valence-electron chi connectivity index (χ4n) is 3.21. The maximum Gasteiger partial charge on any atom is 0.269 e. The van der Waals surface area contributed by atoms with Gasteiger partial charge in [-0.2, -0.15) is 0 Å². The number of thiazole rings is 1. The second kappa shape index (κ2) is 9.62. The first-order chi connectivity index (χ1) is 15.9. The second-order valence-electron chi connectivity index (χ2n) is 7.26. The Kier molecular flexibility index (Phi) is 6.46. The van der Waals surface area contributed by atoms with Crippen molar-refractivity contribution in [3.8, 4) is 33.2 Å². The van der Waals surface area contributed by atoms with Crippen LogP contribution in [0.3, 0.4) is 0 Å². The van der Waals surface area contributed by atoms with Crippen molar-refractivity contribution in [2.45, 2.75) is 13.8 Å². The Morgan fingerprint density at radius 2 is 1.79 bits per heavy atom. The van der Waals surface area contributed by atoms with Crippen LogP contribution >= 0.6 is 11.3 Å². The standard InChI is InChI=1S/C25H21N3O4S/c1-3-32-22-14-17(6-13-21(22)29)15-26-25-27-23(18-7-4-16(2)5-8-18)24(33-25)19-9-11-20(12-10-19)28(30)31/h4-15,29H,3H2,1-2H3. The molecule has 0 aliphatic carbocycles. The van der Waals surface area contributed by atoms with E-state index in [2.05, 4.69) is 4.99 Å². The van der Waals surface area contributed by atoms with Crippen LogP contribution in [-0.4, -0.2) is 27.8 Å². The average Bonchev–Trinajstić information content (AvgIpc) is 3.24. The fourth-order valence-corrected chi connectivity index (χ4v) is 4.15. The first-order valence-electron chi connectivity index (χ1n) is 10.3. The van der Waals surface area contributed by atoms with E-state index in [0.717, 1.165) is 32.8 Å². The zero-order valence-corrected chi connectivity index (χ0v) is 18.9. The lowest BCUT2D eigenvalue weighted by molar-refractivity contribution is -0.384. The van der Waals surface area contributed by atoms with Crippen LogP contribution in [0.1, 0.15) is 18.1 Å². The van der Waals surface area contributed by atoms with Gasteiger partial charge in [0.2, 0.25) is 5.13 Å². The van der Waals surface area contributed by atoms with Crippen molar-refractivity contribution in [1.82, 2.24) is 4.98 Å². The molecule has 0 spiro atoms. The lowest BCUT2D eigenvalue weighted by Gasteiger charge is -2.05. The highest BCUT2D eigenvalue weighted by molar-refractivity contribution is 7.19. The van der Waals surface area contributed by atoms with Crippen LogP contribution in [0.2, 0.25) is 0 Å². The third kappa shape index (κ3) is 5.07. The molecule has 0 aliphatic heterocycles. The summed E-state index contributed by atoms with van der Waals surface area (Å²) in [5.74, 6) is 0.470. The summed E-state index contributed by atoms with van der Waals surface area (Å²) in [6.45, 7) is 4.31. The number of aliphatic imine (C=N–C) groups is 1. The number of rotatable bonds is 7. The molecule has 1 heterocycles. The molecule has 0 saturated carbocycles. The van der Waals surface area contributed by atoms with Gasteiger partial charge in [0.1, 0.15) is 0 Å². The van der Waals surface area contributed by atoms with Gasteiger partial charge in [-0.05, 0) is 55.3 Å². The minimum Gasteiger partial charge on any atom is -0.504 e. The fraction of sp³-hybridized carbons (Fsp3) is 0.120. The van der Waals surface area contributed by atoms with Gasteiger partial charge in [-0.3, -0.25) is 10.1 Å². The molecule has 3 aromatic carbocycles. The van der Waals surface area contributed by atoms with Crippen LogP contribution in [0.25, 0.3) is 21.7 Å². The Balaban J connectivity index is 1.73. The molecular formula is C25H21N3O4S. The monoisotopic (exact) mass is 459 g/mol. The summed E-state index contributed by atoms with van der Waals surface area (Å²) < 4.78 is 5.43. The number of hydrogen-bond acceptors (Lipinski definition) is 7. The summed E-state index contributed by atoms with van der Waals surface area (Å²) in [6.07, 6.45) is 1.67. The molecule has 0 aliphatic rings. The van der Waals surface area contributed by atoms with Crippen LogP contribution in [0, 0.1) is 17.0 Å². The maximum absolute atomic E-state index is 11.0. The van der Waals surface area contributed by atoms with Gasteiger partial charge in [-0.15, -0.1) is 0 Å². The molecule has 33 heavy (non-hydrogen) atoms. The molecule has 1 aromatic heterocycles. The zero-order chi connectivity index (χ0) is 23.4. The highest BCUT2D eigenvalue weighted by Crippen LogP contribution is 2.40. The summed E-state index contributed by atoms with van der Waals surface area (Å²) in [5.41, 5.74) is 4.48. The third-order valence-electron chi connectivity index (χ3n) is 4.89. The van der Waals surface area contributed by atoms with Crippen molar-refractivity contribution in [3.05, 3.63) is 88.0 Å². The number of nitro benzene ring substituents is 1. The molecule has 166 valence electrons. The van der Waals surface area contributed by atoms with Crippen LogP contribution in [-0.2, 0) is 0 Å². The molecule has 4 aromatic rings. The maximum atomic E-state index is 11.0. The van der Waals surface area contributed by atoms with Crippen LogP contribution in [0.5, 0.6) is 11.5 Å². The number of nitrogens with zero attached hydrogens (tertiary/aromatic N) is 3. The number of nitro groups is 1. The summed E-state index contributed by atoms with van der Waals surface area (Å²) in [4.78, 5) is 20.8. The number of non-ortho nitro benzene ring substituents is 1. The number of phenols is 1. The molecule has 7 nitrogen and oxygen atoms in total. The van der Waals surface area contributed by atoms with E-state index in [1.54, 1.807) is 36.5 Å². The summed E-state index contributed by atoms with van der Waals surface area (Å²) in [7, 11) is 0. The number of benzene rings is 3. The van der Waals surface area contributed by atoms with E-state index in [1.165, 1.54) is 23.5 Å². The Labute approximate surface area is 194 Å². The van der Waals surface area contributed by atoms with Gasteiger partial charge in [0.05, 0.1) is 22.1 Å². The van der Waals surface area contributed by atoms with Crippen molar-refractivity contribution >= 4 is 28.4 Å². The van der Waals surface area contributed by atoms with Crippen LogP contribution in [0.15, 0.2) is 71.7 Å². The molecule has 0 fully saturated rings. The molecular weight excluding hydrogens is 438 g/mol. The molecule has 0 saturated heterocycles. The first kappa shape index (κ1) is 22.2. The Bertz CT molecular complexity index is 1310. The van der Waals surface area contributed by atoms with E-state index in [9.17, 15) is 15.2 Å². The van der Waals surface area contributed by atoms with Crippen molar-refractivity contribution in [1.29, 1.82) is 0 Å². The summed E-state index contributed by atoms with van der Waals surface area (Å²) in [6, 6.07) is 19.5.